The molecule has 6 heteroatoms. The molecular formula is C14H16ClNO4. The van der Waals surface area contributed by atoms with Crippen LogP contribution >= 0.6 is 11.6 Å². The topological polar surface area (TPSA) is 75.6 Å². The van der Waals surface area contributed by atoms with Gasteiger partial charge in [-0.25, -0.2) is 4.79 Å². The molecule has 1 aromatic carbocycles. The van der Waals surface area contributed by atoms with Crippen LogP contribution in [0.1, 0.15) is 17.9 Å². The second-order valence-electron chi connectivity index (χ2n) is 4.78. The van der Waals surface area contributed by atoms with Gasteiger partial charge in [0.25, 0.3) is 0 Å². The Morgan fingerprint density at radius 3 is 2.80 bits per heavy atom. The van der Waals surface area contributed by atoms with Crippen LogP contribution in [-0.2, 0) is 14.3 Å². The first-order valence-corrected chi connectivity index (χ1v) is 6.70. The van der Waals surface area contributed by atoms with Gasteiger partial charge in [-0.15, -0.1) is 0 Å². The molecule has 108 valence electrons. The maximum atomic E-state index is 11.9. The zero-order chi connectivity index (χ0) is 14.7. The van der Waals surface area contributed by atoms with Crippen molar-refractivity contribution in [2.45, 2.75) is 18.4 Å². The summed E-state index contributed by atoms with van der Waals surface area (Å²) in [6.07, 6.45) is -0.281. The molecule has 1 amide bonds. The van der Waals surface area contributed by atoms with Gasteiger partial charge >= 0.3 is 5.97 Å². The third kappa shape index (κ3) is 3.29. The van der Waals surface area contributed by atoms with Crippen LogP contribution in [0.25, 0.3) is 0 Å². The minimum Gasteiger partial charge on any atom is -0.479 e. The van der Waals surface area contributed by atoms with Gasteiger partial charge in [0.05, 0.1) is 6.54 Å². The first-order chi connectivity index (χ1) is 9.54. The fourth-order valence-electron chi connectivity index (χ4n) is 2.20. The van der Waals surface area contributed by atoms with Crippen LogP contribution in [0.4, 0.5) is 0 Å². The summed E-state index contributed by atoms with van der Waals surface area (Å²) in [6.45, 7) is -0.0313. The molecule has 0 saturated heterocycles. The van der Waals surface area contributed by atoms with Crippen LogP contribution in [0, 0.1) is 5.92 Å². The van der Waals surface area contributed by atoms with E-state index in [0.29, 0.717) is 5.02 Å². The molecule has 5 nitrogen and oxygen atoms in total. The maximum Gasteiger partial charge on any atom is 0.334 e. The summed E-state index contributed by atoms with van der Waals surface area (Å²) in [4.78, 5) is 22.7. The molecular weight excluding hydrogens is 282 g/mol. The van der Waals surface area contributed by atoms with Crippen molar-refractivity contribution < 1.29 is 19.4 Å². The van der Waals surface area contributed by atoms with Gasteiger partial charge in [-0.1, -0.05) is 29.8 Å². The lowest BCUT2D eigenvalue weighted by Crippen LogP contribution is -2.38. The van der Waals surface area contributed by atoms with E-state index < -0.39 is 12.1 Å². The molecule has 0 spiro atoms. The van der Waals surface area contributed by atoms with Crippen molar-refractivity contribution in [2.24, 2.45) is 5.92 Å². The highest BCUT2D eigenvalue weighted by atomic mass is 35.5. The minimum atomic E-state index is -1.09. The number of amides is 1. The Morgan fingerprint density at radius 1 is 1.50 bits per heavy atom. The number of rotatable bonds is 6. The molecule has 2 rings (SSSR count). The summed E-state index contributed by atoms with van der Waals surface area (Å²) in [5.74, 6) is -1.26. The van der Waals surface area contributed by atoms with Crippen molar-refractivity contribution in [3.05, 3.63) is 34.9 Å². The van der Waals surface area contributed by atoms with E-state index in [1.54, 1.807) is 6.07 Å². The number of methoxy groups -OCH3 is 1. The standard InChI is InChI=1S/C14H16ClNO4/c1-20-12(14(18)19)7-16-13(17)10-6-9(10)8-4-2-3-5-11(8)15/h2-5,9-10,12H,6-7H2,1H3,(H,16,17)(H,18,19). The number of carbonyl (C=O) groups excluding carboxylic acids is 1. The average Bonchev–Trinajstić information content (AvgIpc) is 3.19. The van der Waals surface area contributed by atoms with Crippen LogP contribution in [0.3, 0.4) is 0 Å². The van der Waals surface area contributed by atoms with Crippen LogP contribution in [0.15, 0.2) is 24.3 Å². The summed E-state index contributed by atoms with van der Waals surface area (Å²) in [7, 11) is 1.30. The highest BCUT2D eigenvalue weighted by Gasteiger charge is 2.44. The Kier molecular flexibility index (Phi) is 4.62. The van der Waals surface area contributed by atoms with Gasteiger partial charge in [-0.3, -0.25) is 4.79 Å². The second kappa shape index (κ2) is 6.24. The Bertz CT molecular complexity index is 520. The number of aliphatic carboxylic acids is 1. The first kappa shape index (κ1) is 14.8. The summed E-state index contributed by atoms with van der Waals surface area (Å²) in [5.41, 5.74) is 0.968. The predicted octanol–water partition coefficient (Wildman–Crippen LogP) is 1.66. The quantitative estimate of drug-likeness (QED) is 0.837. The van der Waals surface area contributed by atoms with Gasteiger partial charge in [0.1, 0.15) is 0 Å². The predicted molar refractivity (Wildman–Crippen MR) is 73.7 cm³/mol. The first-order valence-electron chi connectivity index (χ1n) is 6.32. The Morgan fingerprint density at radius 2 is 2.20 bits per heavy atom. The third-order valence-electron chi connectivity index (χ3n) is 3.45. The maximum absolute atomic E-state index is 11.9. The van der Waals surface area contributed by atoms with E-state index in [-0.39, 0.29) is 24.3 Å². The molecule has 1 saturated carbocycles. The van der Waals surface area contributed by atoms with Crippen molar-refractivity contribution in [2.75, 3.05) is 13.7 Å². The van der Waals surface area contributed by atoms with Gasteiger partial charge in [0.15, 0.2) is 6.10 Å². The van der Waals surface area contributed by atoms with E-state index >= 15 is 0 Å². The molecule has 0 aromatic heterocycles. The smallest absolute Gasteiger partial charge is 0.334 e. The molecule has 0 heterocycles. The van der Waals surface area contributed by atoms with Crippen LogP contribution < -0.4 is 5.32 Å². The Balaban J connectivity index is 1.87. The number of carboxylic acids is 1. The largest absolute Gasteiger partial charge is 0.479 e. The Labute approximate surface area is 121 Å². The number of nitrogens with one attached hydrogen (secondary N) is 1. The number of hydrogen-bond donors (Lipinski definition) is 2. The van der Waals surface area contributed by atoms with Crippen LogP contribution in [0.5, 0.6) is 0 Å². The molecule has 0 radical (unpaired) electrons. The van der Waals surface area contributed by atoms with Gasteiger partial charge in [0, 0.05) is 18.1 Å². The Hall–Kier alpha value is -1.59. The number of ether oxygens (including phenoxy) is 1. The highest BCUT2D eigenvalue weighted by Crippen LogP contribution is 2.49. The van der Waals surface area contributed by atoms with E-state index in [9.17, 15) is 9.59 Å². The number of halogens is 1. The number of hydrogen-bond acceptors (Lipinski definition) is 3. The minimum absolute atomic E-state index is 0.0313. The second-order valence-corrected chi connectivity index (χ2v) is 5.19. The average molecular weight is 298 g/mol. The van der Waals surface area contributed by atoms with E-state index in [1.165, 1.54) is 7.11 Å². The molecule has 1 aliphatic carbocycles. The van der Waals surface area contributed by atoms with Crippen molar-refractivity contribution in [1.82, 2.24) is 5.32 Å². The van der Waals surface area contributed by atoms with Crippen LogP contribution in [-0.4, -0.2) is 36.7 Å². The third-order valence-corrected chi connectivity index (χ3v) is 3.80. The van der Waals surface area contributed by atoms with Crippen molar-refractivity contribution in [3.63, 3.8) is 0 Å². The monoisotopic (exact) mass is 297 g/mol. The van der Waals surface area contributed by atoms with E-state index in [0.717, 1.165) is 12.0 Å². The lowest BCUT2D eigenvalue weighted by molar-refractivity contribution is -0.148. The molecule has 20 heavy (non-hydrogen) atoms. The van der Waals surface area contributed by atoms with Crippen molar-refractivity contribution in [1.29, 1.82) is 0 Å². The lowest BCUT2D eigenvalue weighted by Gasteiger charge is -2.11. The summed E-state index contributed by atoms with van der Waals surface area (Å²) in [5, 5.41) is 12.1. The fourth-order valence-corrected chi connectivity index (χ4v) is 2.48. The molecule has 3 atom stereocenters. The fraction of sp³-hybridized carbons (Fsp3) is 0.429. The van der Waals surface area contributed by atoms with Gasteiger partial charge in [0.2, 0.25) is 5.91 Å². The molecule has 1 aromatic rings. The van der Waals surface area contributed by atoms with E-state index in [1.807, 2.05) is 18.2 Å². The summed E-state index contributed by atoms with van der Waals surface area (Å²) >= 11 is 6.09. The van der Waals surface area contributed by atoms with Crippen molar-refractivity contribution >= 4 is 23.5 Å². The van der Waals surface area contributed by atoms with Crippen molar-refractivity contribution in [3.8, 4) is 0 Å². The molecule has 0 aliphatic heterocycles. The zero-order valence-electron chi connectivity index (χ0n) is 11.0. The molecule has 2 N–H and O–H groups in total. The van der Waals surface area contributed by atoms with Crippen LogP contribution in [0.2, 0.25) is 5.02 Å². The summed E-state index contributed by atoms with van der Waals surface area (Å²) < 4.78 is 4.76. The highest BCUT2D eigenvalue weighted by molar-refractivity contribution is 6.31. The number of benzene rings is 1. The summed E-state index contributed by atoms with van der Waals surface area (Å²) in [6, 6.07) is 7.45. The molecule has 3 unspecified atom stereocenters. The number of carboxylic acid groups (broad SMARTS) is 1. The lowest BCUT2D eigenvalue weighted by atomic mass is 10.1. The van der Waals surface area contributed by atoms with Gasteiger partial charge in [-0.05, 0) is 24.0 Å². The number of carbonyl (C=O) groups is 2. The van der Waals surface area contributed by atoms with Gasteiger partial charge in [-0.2, -0.15) is 0 Å². The SMILES string of the molecule is COC(CNC(=O)C1CC1c1ccccc1Cl)C(=O)O. The molecule has 1 fully saturated rings. The zero-order valence-corrected chi connectivity index (χ0v) is 11.8. The molecule has 0 bridgehead atoms. The normalized spacial score (nSPS) is 22.1. The van der Waals surface area contributed by atoms with E-state index in [4.69, 9.17) is 21.4 Å². The van der Waals surface area contributed by atoms with Gasteiger partial charge < -0.3 is 15.2 Å². The van der Waals surface area contributed by atoms with E-state index in [2.05, 4.69) is 5.32 Å². The molecule has 1 aliphatic rings.